The summed E-state index contributed by atoms with van der Waals surface area (Å²) in [6.45, 7) is 0. The van der Waals surface area contributed by atoms with Crippen molar-refractivity contribution in [3.8, 4) is 0 Å². The Labute approximate surface area is 107 Å². The number of benzene rings is 1. The molecular weight excluding hydrogens is 192 g/mol. The number of hydrogen-bond acceptors (Lipinski definition) is 1. The van der Waals surface area contributed by atoms with Crippen molar-refractivity contribution in [2.45, 2.75) is 4.90 Å². The topological polar surface area (TPSA) is 0 Å². The van der Waals surface area contributed by atoms with E-state index in [4.69, 9.17) is 0 Å². The van der Waals surface area contributed by atoms with Crippen molar-refractivity contribution in [3.63, 3.8) is 0 Å². The van der Waals surface area contributed by atoms with Crippen LogP contribution in [0.1, 0.15) is 5.56 Å². The molecule has 0 fully saturated rings. The van der Waals surface area contributed by atoms with Gasteiger partial charge >= 0.3 is 37.7 Å². The molecule has 0 spiro atoms. The summed E-state index contributed by atoms with van der Waals surface area (Å²) in [7, 11) is 0. The van der Waals surface area contributed by atoms with Gasteiger partial charge in [0.2, 0.25) is 0 Å². The average molecular weight is 202 g/mol. The molecule has 0 N–H and O–H groups in total. The fourth-order valence-corrected chi connectivity index (χ4v) is 1.79. The second-order valence-corrected chi connectivity index (χ2v) is 3.29. The molecule has 2 heteroatoms. The second kappa shape index (κ2) is 5.13. The molecule has 0 atom stereocenters. The minimum atomic E-state index is 0. The van der Waals surface area contributed by atoms with Crippen LogP contribution in [0.2, 0.25) is 0 Å². The Kier molecular flexibility index (Phi) is 4.44. The van der Waals surface area contributed by atoms with E-state index in [1.165, 1.54) is 10.5 Å². The molecule has 0 bridgehead atoms. The number of fused-ring (bicyclic) bond motifs is 1. The first-order chi connectivity index (χ1) is 5.47. The van der Waals surface area contributed by atoms with E-state index in [1.807, 2.05) is 0 Å². The zero-order valence-electron chi connectivity index (χ0n) is 6.03. The van der Waals surface area contributed by atoms with E-state index in [-0.39, 0.29) is 37.7 Å². The van der Waals surface area contributed by atoms with Crippen LogP contribution in [0, 0.1) is 0 Å². The van der Waals surface area contributed by atoms with Gasteiger partial charge in [0, 0.05) is 4.90 Å². The summed E-state index contributed by atoms with van der Waals surface area (Å²) in [5.74, 6) is 0. The summed E-state index contributed by atoms with van der Waals surface area (Å²) in [6.07, 6.45) is 6.26. The summed E-state index contributed by atoms with van der Waals surface area (Å²) in [5, 5.41) is 2.10. The van der Waals surface area contributed by atoms with Gasteiger partial charge in [0.25, 0.3) is 0 Å². The normalized spacial score (nSPS) is 13.0. The first kappa shape index (κ1) is 10.4. The standard InChI is InChI=1S/C10H8S.Ca.2H/c1-2-7-10-9(5-1)6-3-4-8-11-10;;;/h1-8H;;;. The fraction of sp³-hybridized carbons (Fsp3) is 0. The zero-order valence-corrected chi connectivity index (χ0v) is 6.84. The number of hydrogen-bond donors (Lipinski definition) is 0. The van der Waals surface area contributed by atoms with Crippen LogP contribution >= 0.6 is 11.8 Å². The van der Waals surface area contributed by atoms with E-state index in [1.54, 1.807) is 11.8 Å². The summed E-state index contributed by atoms with van der Waals surface area (Å²) >= 11 is 1.77. The molecule has 58 valence electrons. The van der Waals surface area contributed by atoms with Crippen LogP contribution in [0.3, 0.4) is 0 Å². The summed E-state index contributed by atoms with van der Waals surface area (Å²) < 4.78 is 0. The molecule has 0 aromatic heterocycles. The van der Waals surface area contributed by atoms with Gasteiger partial charge in [-0.15, -0.1) is 0 Å². The van der Waals surface area contributed by atoms with E-state index in [9.17, 15) is 0 Å². The van der Waals surface area contributed by atoms with Gasteiger partial charge in [0.1, 0.15) is 0 Å². The van der Waals surface area contributed by atoms with Gasteiger partial charge in [-0.2, -0.15) is 0 Å². The van der Waals surface area contributed by atoms with E-state index in [0.29, 0.717) is 0 Å². The van der Waals surface area contributed by atoms with Crippen molar-refractivity contribution < 1.29 is 0 Å². The Morgan fingerprint density at radius 1 is 1.00 bits per heavy atom. The minimum absolute atomic E-state index is 0. The molecular formula is C10H10CaS. The van der Waals surface area contributed by atoms with Crippen LogP contribution in [-0.4, -0.2) is 37.7 Å². The molecule has 0 amide bonds. The van der Waals surface area contributed by atoms with Crippen LogP contribution in [-0.2, 0) is 0 Å². The van der Waals surface area contributed by atoms with Gasteiger partial charge in [-0.05, 0) is 17.0 Å². The van der Waals surface area contributed by atoms with E-state index in [0.717, 1.165) is 0 Å². The van der Waals surface area contributed by atoms with Gasteiger partial charge in [0.05, 0.1) is 0 Å². The van der Waals surface area contributed by atoms with Crippen molar-refractivity contribution in [1.29, 1.82) is 0 Å². The average Bonchev–Trinajstić information content (AvgIpc) is 2.28. The Morgan fingerprint density at radius 3 is 2.75 bits per heavy atom. The molecule has 2 rings (SSSR count). The van der Waals surface area contributed by atoms with Crippen molar-refractivity contribution in [1.82, 2.24) is 0 Å². The van der Waals surface area contributed by atoms with Crippen LogP contribution in [0.5, 0.6) is 0 Å². The van der Waals surface area contributed by atoms with Crippen molar-refractivity contribution in [3.05, 3.63) is 47.4 Å². The van der Waals surface area contributed by atoms with Gasteiger partial charge in [-0.25, -0.2) is 0 Å². The van der Waals surface area contributed by atoms with Gasteiger partial charge in [-0.1, -0.05) is 48.2 Å². The summed E-state index contributed by atoms with van der Waals surface area (Å²) in [5.41, 5.74) is 1.31. The van der Waals surface area contributed by atoms with Gasteiger partial charge < -0.3 is 0 Å². The molecule has 0 unspecified atom stereocenters. The van der Waals surface area contributed by atoms with E-state index in [2.05, 4.69) is 47.9 Å². The molecule has 1 aliphatic rings. The maximum absolute atomic E-state index is 2.14. The van der Waals surface area contributed by atoms with Crippen molar-refractivity contribution >= 4 is 55.6 Å². The molecule has 0 saturated heterocycles. The Bertz CT molecular complexity index is 315. The SMILES string of the molecule is C1=CSc2ccccc2C=C1.[CaH2]. The Morgan fingerprint density at radius 2 is 1.83 bits per heavy atom. The van der Waals surface area contributed by atoms with Crippen LogP contribution < -0.4 is 0 Å². The number of thioether (sulfide) groups is 1. The predicted octanol–water partition coefficient (Wildman–Crippen LogP) is 2.40. The molecule has 0 nitrogen and oxygen atoms in total. The first-order valence-electron chi connectivity index (χ1n) is 3.56. The van der Waals surface area contributed by atoms with Crippen molar-refractivity contribution in [2.24, 2.45) is 0 Å². The van der Waals surface area contributed by atoms with Gasteiger partial charge in [0.15, 0.2) is 0 Å². The second-order valence-electron chi connectivity index (χ2n) is 2.34. The molecule has 12 heavy (non-hydrogen) atoms. The third kappa shape index (κ3) is 2.40. The number of allylic oxidation sites excluding steroid dienone is 2. The fourth-order valence-electron chi connectivity index (χ4n) is 1.04. The van der Waals surface area contributed by atoms with Crippen LogP contribution in [0.15, 0.2) is 46.7 Å². The van der Waals surface area contributed by atoms with E-state index < -0.39 is 0 Å². The Hall–Kier alpha value is 0.310. The van der Waals surface area contributed by atoms with Gasteiger partial charge in [-0.3, -0.25) is 0 Å². The Balaban J connectivity index is 0.000000720. The quantitative estimate of drug-likeness (QED) is 0.582. The summed E-state index contributed by atoms with van der Waals surface area (Å²) in [6, 6.07) is 8.40. The third-order valence-corrected chi connectivity index (χ3v) is 2.50. The third-order valence-electron chi connectivity index (χ3n) is 1.58. The molecule has 0 radical (unpaired) electrons. The van der Waals surface area contributed by atoms with Crippen LogP contribution in [0.25, 0.3) is 6.08 Å². The number of rotatable bonds is 0. The molecule has 0 aliphatic carbocycles. The zero-order chi connectivity index (χ0) is 7.52. The molecule has 1 aliphatic heterocycles. The molecule has 0 saturated carbocycles. The predicted molar refractivity (Wildman–Crippen MR) is 59.0 cm³/mol. The first-order valence-corrected chi connectivity index (χ1v) is 4.44. The van der Waals surface area contributed by atoms with Crippen LogP contribution in [0.4, 0.5) is 0 Å². The molecule has 1 aromatic rings. The molecule has 1 aromatic carbocycles. The monoisotopic (exact) mass is 202 g/mol. The van der Waals surface area contributed by atoms with E-state index >= 15 is 0 Å². The summed E-state index contributed by atoms with van der Waals surface area (Å²) in [4.78, 5) is 1.33. The molecule has 1 heterocycles. The maximum atomic E-state index is 2.14. The van der Waals surface area contributed by atoms with Crippen molar-refractivity contribution in [2.75, 3.05) is 0 Å².